The van der Waals surface area contributed by atoms with Crippen molar-refractivity contribution in [3.63, 3.8) is 0 Å². The summed E-state index contributed by atoms with van der Waals surface area (Å²) in [5, 5.41) is 2.41. The molecule has 1 rings (SSSR count). The molecule has 0 aliphatic rings. The Morgan fingerprint density at radius 3 is 2.21 bits per heavy atom. The van der Waals surface area contributed by atoms with Crippen LogP contribution in [0.4, 0.5) is 13.2 Å². The summed E-state index contributed by atoms with van der Waals surface area (Å²) in [5.41, 5.74) is 0.252. The minimum absolute atomic E-state index is 0.252. The van der Waals surface area contributed by atoms with Gasteiger partial charge in [0.1, 0.15) is 6.04 Å². The largest absolute Gasteiger partial charge is 0.407 e. The van der Waals surface area contributed by atoms with Crippen molar-refractivity contribution in [1.82, 2.24) is 5.32 Å². The Kier molecular flexibility index (Phi) is 3.52. The Bertz CT molecular complexity index is 268. The molecule has 1 aromatic rings. The molecule has 0 unspecified atom stereocenters. The first-order chi connectivity index (χ1) is 6.55. The van der Waals surface area contributed by atoms with E-state index in [9.17, 15) is 13.2 Å². The van der Waals surface area contributed by atoms with Gasteiger partial charge in [-0.15, -0.1) is 0 Å². The van der Waals surface area contributed by atoms with Crippen LogP contribution >= 0.6 is 0 Å². The fourth-order valence-corrected chi connectivity index (χ4v) is 1.27. The van der Waals surface area contributed by atoms with Gasteiger partial charge in [-0.2, -0.15) is 13.2 Å². The summed E-state index contributed by atoms with van der Waals surface area (Å²) in [4.78, 5) is 0. The van der Waals surface area contributed by atoms with Crippen LogP contribution in [-0.2, 0) is 0 Å². The molecule has 1 aromatic carbocycles. The second-order valence-corrected chi connectivity index (χ2v) is 2.94. The van der Waals surface area contributed by atoms with Gasteiger partial charge in [0.2, 0.25) is 0 Å². The van der Waals surface area contributed by atoms with E-state index in [1.807, 2.05) is 0 Å². The van der Waals surface area contributed by atoms with E-state index in [0.717, 1.165) is 0 Å². The molecule has 0 radical (unpaired) electrons. The van der Waals surface area contributed by atoms with Gasteiger partial charge in [-0.25, -0.2) is 0 Å². The molecule has 0 bridgehead atoms. The van der Waals surface area contributed by atoms with Crippen molar-refractivity contribution in [1.29, 1.82) is 0 Å². The monoisotopic (exact) mass is 203 g/mol. The number of alkyl halides is 3. The standard InChI is InChI=1S/C10H12F3N/c1-2-14-9(10(11,12)13)8-6-4-3-5-7-8/h3-7,9,14H,2H2,1H3/t9-/m1/s1. The van der Waals surface area contributed by atoms with Crippen molar-refractivity contribution < 1.29 is 13.2 Å². The van der Waals surface area contributed by atoms with Crippen LogP contribution < -0.4 is 5.32 Å². The topological polar surface area (TPSA) is 12.0 Å². The highest BCUT2D eigenvalue weighted by molar-refractivity contribution is 5.20. The maximum absolute atomic E-state index is 12.5. The molecule has 0 heterocycles. The second-order valence-electron chi connectivity index (χ2n) is 2.94. The highest BCUT2D eigenvalue weighted by Gasteiger charge is 2.39. The van der Waals surface area contributed by atoms with Gasteiger partial charge in [0.05, 0.1) is 0 Å². The molecule has 0 aliphatic heterocycles. The van der Waals surface area contributed by atoms with E-state index in [0.29, 0.717) is 6.54 Å². The predicted molar refractivity (Wildman–Crippen MR) is 48.9 cm³/mol. The lowest BCUT2D eigenvalue weighted by Crippen LogP contribution is -2.33. The molecule has 78 valence electrons. The van der Waals surface area contributed by atoms with Crippen LogP contribution in [0, 0.1) is 0 Å². The molecule has 1 N–H and O–H groups in total. The van der Waals surface area contributed by atoms with Gasteiger partial charge in [0.15, 0.2) is 0 Å². The van der Waals surface area contributed by atoms with E-state index in [2.05, 4.69) is 5.32 Å². The van der Waals surface area contributed by atoms with Crippen molar-refractivity contribution in [3.8, 4) is 0 Å². The van der Waals surface area contributed by atoms with Crippen molar-refractivity contribution >= 4 is 0 Å². The summed E-state index contributed by atoms with van der Waals surface area (Å²) < 4.78 is 37.6. The molecular weight excluding hydrogens is 191 g/mol. The third kappa shape index (κ3) is 2.73. The molecule has 0 saturated heterocycles. The van der Waals surface area contributed by atoms with Crippen LogP contribution in [0.25, 0.3) is 0 Å². The van der Waals surface area contributed by atoms with Crippen molar-refractivity contribution in [2.24, 2.45) is 0 Å². The first kappa shape index (κ1) is 11.0. The lowest BCUT2D eigenvalue weighted by atomic mass is 10.1. The van der Waals surface area contributed by atoms with Gasteiger partial charge in [-0.1, -0.05) is 37.3 Å². The lowest BCUT2D eigenvalue weighted by Gasteiger charge is -2.21. The van der Waals surface area contributed by atoms with Crippen LogP contribution in [-0.4, -0.2) is 12.7 Å². The van der Waals surface area contributed by atoms with E-state index in [1.165, 1.54) is 12.1 Å². The Labute approximate surface area is 80.9 Å². The molecule has 0 aliphatic carbocycles. The molecule has 0 spiro atoms. The molecular formula is C10H12F3N. The van der Waals surface area contributed by atoms with Crippen LogP contribution in [0.15, 0.2) is 30.3 Å². The fourth-order valence-electron chi connectivity index (χ4n) is 1.27. The number of hydrogen-bond acceptors (Lipinski definition) is 1. The van der Waals surface area contributed by atoms with Crippen LogP contribution in [0.5, 0.6) is 0 Å². The summed E-state index contributed by atoms with van der Waals surface area (Å²) in [7, 11) is 0. The maximum Gasteiger partial charge on any atom is 0.407 e. The quantitative estimate of drug-likeness (QED) is 0.796. The average molecular weight is 203 g/mol. The third-order valence-electron chi connectivity index (χ3n) is 1.87. The minimum Gasteiger partial charge on any atom is -0.303 e. The molecule has 0 saturated carbocycles. The highest BCUT2D eigenvalue weighted by Crippen LogP contribution is 2.32. The molecule has 0 fully saturated rings. The molecule has 14 heavy (non-hydrogen) atoms. The Morgan fingerprint density at radius 2 is 1.79 bits per heavy atom. The first-order valence-corrected chi connectivity index (χ1v) is 4.40. The summed E-state index contributed by atoms with van der Waals surface area (Å²) in [5.74, 6) is 0. The van der Waals surface area contributed by atoms with Crippen LogP contribution in [0.1, 0.15) is 18.5 Å². The fraction of sp³-hybridized carbons (Fsp3) is 0.400. The van der Waals surface area contributed by atoms with Gasteiger partial charge >= 0.3 is 6.18 Å². The van der Waals surface area contributed by atoms with Gasteiger partial charge in [-0.3, -0.25) is 0 Å². The summed E-state index contributed by atoms with van der Waals surface area (Å²) in [6.07, 6.45) is -4.24. The van der Waals surface area contributed by atoms with Crippen LogP contribution in [0.2, 0.25) is 0 Å². The minimum atomic E-state index is -4.24. The number of halogens is 3. The maximum atomic E-state index is 12.5. The zero-order valence-electron chi connectivity index (χ0n) is 7.81. The number of hydrogen-bond donors (Lipinski definition) is 1. The van der Waals surface area contributed by atoms with E-state index < -0.39 is 12.2 Å². The highest BCUT2D eigenvalue weighted by atomic mass is 19.4. The zero-order valence-corrected chi connectivity index (χ0v) is 7.81. The van der Waals surface area contributed by atoms with Crippen molar-refractivity contribution in [2.45, 2.75) is 19.1 Å². The molecule has 0 aromatic heterocycles. The Balaban J connectivity index is 2.89. The average Bonchev–Trinajstić information content (AvgIpc) is 2.14. The van der Waals surface area contributed by atoms with E-state index >= 15 is 0 Å². The Hall–Kier alpha value is -1.03. The van der Waals surface area contributed by atoms with Gasteiger partial charge in [0.25, 0.3) is 0 Å². The van der Waals surface area contributed by atoms with Gasteiger partial charge in [0, 0.05) is 0 Å². The Morgan fingerprint density at radius 1 is 1.21 bits per heavy atom. The van der Waals surface area contributed by atoms with E-state index in [-0.39, 0.29) is 5.56 Å². The van der Waals surface area contributed by atoms with Crippen molar-refractivity contribution in [2.75, 3.05) is 6.54 Å². The smallest absolute Gasteiger partial charge is 0.303 e. The molecule has 1 atom stereocenters. The normalized spacial score (nSPS) is 14.0. The summed E-state index contributed by atoms with van der Waals surface area (Å²) >= 11 is 0. The van der Waals surface area contributed by atoms with E-state index in [4.69, 9.17) is 0 Å². The number of benzene rings is 1. The predicted octanol–water partition coefficient (Wildman–Crippen LogP) is 2.90. The molecule has 4 heteroatoms. The van der Waals surface area contributed by atoms with Crippen molar-refractivity contribution in [3.05, 3.63) is 35.9 Å². The number of rotatable bonds is 3. The third-order valence-corrected chi connectivity index (χ3v) is 1.87. The zero-order chi connectivity index (χ0) is 10.6. The summed E-state index contributed by atoms with van der Waals surface area (Å²) in [6.45, 7) is 1.95. The first-order valence-electron chi connectivity index (χ1n) is 4.40. The van der Waals surface area contributed by atoms with Gasteiger partial charge < -0.3 is 5.32 Å². The van der Waals surface area contributed by atoms with Gasteiger partial charge in [-0.05, 0) is 12.1 Å². The van der Waals surface area contributed by atoms with E-state index in [1.54, 1.807) is 25.1 Å². The van der Waals surface area contributed by atoms with Crippen LogP contribution in [0.3, 0.4) is 0 Å². The number of nitrogens with one attached hydrogen (secondary N) is 1. The lowest BCUT2D eigenvalue weighted by molar-refractivity contribution is -0.157. The second kappa shape index (κ2) is 4.46. The molecule has 0 amide bonds. The summed E-state index contributed by atoms with van der Waals surface area (Å²) in [6, 6.07) is 6.29. The SMILES string of the molecule is CCN[C@H](c1ccccc1)C(F)(F)F. The molecule has 1 nitrogen and oxygen atoms in total.